The van der Waals surface area contributed by atoms with Crippen LogP contribution in [-0.4, -0.2) is 40.4 Å². The van der Waals surface area contributed by atoms with Crippen molar-refractivity contribution in [2.75, 3.05) is 0 Å². The van der Waals surface area contributed by atoms with E-state index in [-0.39, 0.29) is 0 Å². The van der Waals surface area contributed by atoms with Crippen molar-refractivity contribution in [3.8, 4) is 0 Å². The third-order valence-corrected chi connectivity index (χ3v) is 35.3. The van der Waals surface area contributed by atoms with Gasteiger partial charge in [0, 0.05) is 0 Å². The molecule has 0 aromatic carbocycles. The number of hydrogen-bond acceptors (Lipinski definition) is 1. The van der Waals surface area contributed by atoms with E-state index in [1.165, 1.54) is 8.35 Å². The first-order valence-corrected chi connectivity index (χ1v) is 19.0. The second-order valence-corrected chi connectivity index (χ2v) is 29.1. The molecule has 0 aromatic rings. The topological polar surface area (TPSA) is 3.24 Å². The summed E-state index contributed by atoms with van der Waals surface area (Å²) in [7, 11) is -2.08. The van der Waals surface area contributed by atoms with Gasteiger partial charge in [-0.2, -0.15) is 0 Å². The van der Waals surface area contributed by atoms with Crippen LogP contribution in [0.25, 0.3) is 0 Å². The molecule has 0 rings (SSSR count). The van der Waals surface area contributed by atoms with Crippen molar-refractivity contribution in [1.82, 2.24) is 2.22 Å². The van der Waals surface area contributed by atoms with Gasteiger partial charge in [0.2, 0.25) is 0 Å². The summed E-state index contributed by atoms with van der Waals surface area (Å²) in [5.74, 6) is 0. The molecule has 0 heterocycles. The molecule has 0 saturated heterocycles. The third kappa shape index (κ3) is 4.41. The van der Waals surface area contributed by atoms with Crippen molar-refractivity contribution in [3.63, 3.8) is 0 Å². The van der Waals surface area contributed by atoms with Crippen LogP contribution in [0.4, 0.5) is 0 Å². The van der Waals surface area contributed by atoms with Gasteiger partial charge in [-0.1, -0.05) is 0 Å². The molecule has 0 saturated carbocycles. The van der Waals surface area contributed by atoms with Crippen LogP contribution in [0.1, 0.15) is 13.8 Å². The zero-order valence-electron chi connectivity index (χ0n) is 11.4. The van der Waals surface area contributed by atoms with E-state index < -0.39 is 38.2 Å². The van der Waals surface area contributed by atoms with Gasteiger partial charge >= 0.3 is 102 Å². The summed E-state index contributed by atoms with van der Waals surface area (Å²) >= 11 is -1.33. The molecule has 0 aliphatic rings. The Hall–Kier alpha value is 1.26. The first-order chi connectivity index (χ1) is 6.14. The molecule has 0 fully saturated rings. The monoisotopic (exact) mass is 333 g/mol. The van der Waals surface area contributed by atoms with Crippen LogP contribution in [0.15, 0.2) is 0 Å². The van der Waals surface area contributed by atoms with E-state index in [1.807, 2.05) is 0 Å². The van der Waals surface area contributed by atoms with Gasteiger partial charge in [0.25, 0.3) is 0 Å². The van der Waals surface area contributed by atoms with Crippen LogP contribution in [-0.2, 0) is 0 Å². The molecule has 0 aromatic heterocycles. The van der Waals surface area contributed by atoms with Crippen molar-refractivity contribution >= 4 is 38.2 Å². The minimum absolute atomic E-state index is 1.04. The molecule has 0 bridgehead atoms. The Morgan fingerprint density at radius 1 is 0.786 bits per heavy atom. The van der Waals surface area contributed by atoms with Crippen LogP contribution >= 0.6 is 0 Å². The van der Waals surface area contributed by atoms with Crippen molar-refractivity contribution in [3.05, 3.63) is 0 Å². The van der Waals surface area contributed by atoms with Crippen LogP contribution in [0.2, 0.25) is 47.6 Å². The molecule has 0 unspecified atom stereocenters. The Labute approximate surface area is 101 Å². The molecule has 0 spiro atoms. The van der Waals surface area contributed by atoms with E-state index in [0.717, 1.165) is 0 Å². The summed E-state index contributed by atoms with van der Waals surface area (Å²) in [6.07, 6.45) is 0. The second-order valence-electron chi connectivity index (χ2n) is 6.18. The summed E-state index contributed by atoms with van der Waals surface area (Å²) in [4.78, 5) is 0. The van der Waals surface area contributed by atoms with E-state index in [9.17, 15) is 0 Å². The normalized spacial score (nSPS) is 13.5. The fraction of sp³-hybridized carbons (Fsp3) is 1.00. The minimum atomic E-state index is -1.33. The number of nitrogens with zero attached hydrogens (tertiary/aromatic N) is 1. The molecule has 0 aliphatic heterocycles. The Morgan fingerprint density at radius 3 is 1.14 bits per heavy atom. The predicted molar refractivity (Wildman–Crippen MR) is 75.2 cm³/mol. The van der Waals surface area contributed by atoms with Crippen LogP contribution in [0.3, 0.4) is 0 Å². The number of hydrogen-bond donors (Lipinski definition) is 0. The zero-order chi connectivity index (χ0) is 11.6. The van der Waals surface area contributed by atoms with E-state index in [2.05, 4.69) is 55.3 Å². The molecular formula is C10H28InNSi2. The summed E-state index contributed by atoms with van der Waals surface area (Å²) in [6, 6.07) is 0. The van der Waals surface area contributed by atoms with E-state index in [4.69, 9.17) is 0 Å². The third-order valence-electron chi connectivity index (χ3n) is 2.75. The molecule has 84 valence electrons. The van der Waals surface area contributed by atoms with Gasteiger partial charge in [-0.05, 0) is 0 Å². The average Bonchev–Trinajstić information content (AvgIpc) is 1.94. The fourth-order valence-corrected chi connectivity index (χ4v) is 40.4. The second kappa shape index (κ2) is 5.55. The summed E-state index contributed by atoms with van der Waals surface area (Å²) in [6.45, 7) is 20.1. The SMILES string of the molecule is C[CH2][In]([CH2]C)[N]([Si](C)(C)C)[Si](C)(C)C. The maximum absolute atomic E-state index is 3.14. The summed E-state index contributed by atoms with van der Waals surface area (Å²) < 4.78 is 6.18. The van der Waals surface area contributed by atoms with Crippen LogP contribution in [0.5, 0.6) is 0 Å². The maximum atomic E-state index is 3.14. The molecule has 4 heteroatoms. The molecule has 0 amide bonds. The van der Waals surface area contributed by atoms with Gasteiger partial charge in [-0.15, -0.1) is 0 Å². The van der Waals surface area contributed by atoms with Crippen LogP contribution in [0, 0.1) is 0 Å². The van der Waals surface area contributed by atoms with E-state index >= 15 is 0 Å². The molecule has 0 atom stereocenters. The zero-order valence-corrected chi connectivity index (χ0v) is 16.7. The summed E-state index contributed by atoms with van der Waals surface area (Å²) in [5, 5.41) is 0. The van der Waals surface area contributed by atoms with Gasteiger partial charge in [-0.25, -0.2) is 0 Å². The molecular weight excluding hydrogens is 305 g/mol. The Kier molecular flexibility index (Phi) is 6.05. The molecule has 0 radical (unpaired) electrons. The van der Waals surface area contributed by atoms with Gasteiger partial charge in [0.15, 0.2) is 0 Å². The molecule has 14 heavy (non-hydrogen) atoms. The average molecular weight is 333 g/mol. The quantitative estimate of drug-likeness (QED) is 0.688. The first-order valence-electron chi connectivity index (χ1n) is 5.94. The fourth-order valence-electron chi connectivity index (χ4n) is 2.76. The van der Waals surface area contributed by atoms with E-state index in [1.54, 1.807) is 0 Å². The summed E-state index contributed by atoms with van der Waals surface area (Å²) in [5.41, 5.74) is 0. The van der Waals surface area contributed by atoms with E-state index in [0.29, 0.717) is 0 Å². The standard InChI is InChI=1S/C6H18NSi2.2C2H5.In/c1-8(2,3)7-9(4,5)6;2*1-2;/h1-6H3;2*1H2,2H3;/q-1;;;+1. The van der Waals surface area contributed by atoms with Gasteiger partial charge in [0.1, 0.15) is 0 Å². The Morgan fingerprint density at radius 2 is 1.07 bits per heavy atom. The number of rotatable bonds is 5. The molecule has 1 nitrogen and oxygen atoms in total. The Balaban J connectivity index is 4.91. The predicted octanol–water partition coefficient (Wildman–Crippen LogP) is 3.99. The van der Waals surface area contributed by atoms with Crippen molar-refractivity contribution < 1.29 is 0 Å². The molecule has 0 aliphatic carbocycles. The van der Waals surface area contributed by atoms with Gasteiger partial charge < -0.3 is 0 Å². The van der Waals surface area contributed by atoms with Crippen molar-refractivity contribution in [2.45, 2.75) is 61.5 Å². The van der Waals surface area contributed by atoms with Gasteiger partial charge in [-0.3, -0.25) is 0 Å². The first kappa shape index (κ1) is 15.3. The molecule has 0 N–H and O–H groups in total. The van der Waals surface area contributed by atoms with Crippen molar-refractivity contribution in [1.29, 1.82) is 0 Å². The van der Waals surface area contributed by atoms with Gasteiger partial charge in [0.05, 0.1) is 0 Å². The Bertz CT molecular complexity index is 154. The van der Waals surface area contributed by atoms with Crippen LogP contribution < -0.4 is 0 Å². The van der Waals surface area contributed by atoms with Crippen molar-refractivity contribution in [2.24, 2.45) is 0 Å².